The van der Waals surface area contributed by atoms with E-state index in [1.165, 1.54) is 0 Å². The topological polar surface area (TPSA) is 47.3 Å². The summed E-state index contributed by atoms with van der Waals surface area (Å²) in [5.74, 6) is 0. The third-order valence-electron chi connectivity index (χ3n) is 3.17. The monoisotopic (exact) mass is 232 g/mol. The third-order valence-corrected chi connectivity index (χ3v) is 3.17. The van der Waals surface area contributed by atoms with Crippen LogP contribution in [-0.4, -0.2) is 23.7 Å². The van der Waals surface area contributed by atoms with Gasteiger partial charge in [-0.1, -0.05) is 12.1 Å². The first-order valence-corrected chi connectivity index (χ1v) is 6.06. The Hall–Kier alpha value is -1.55. The first-order valence-electron chi connectivity index (χ1n) is 6.06. The molecule has 1 saturated heterocycles. The van der Waals surface area contributed by atoms with Crippen LogP contribution in [0.2, 0.25) is 0 Å². The zero-order valence-corrected chi connectivity index (χ0v) is 9.85. The van der Waals surface area contributed by atoms with Gasteiger partial charge in [-0.2, -0.15) is 4.98 Å². The Morgan fingerprint density at radius 2 is 2.29 bits per heavy atom. The van der Waals surface area contributed by atoms with Crippen LogP contribution in [0.4, 0.5) is 6.01 Å². The van der Waals surface area contributed by atoms with E-state index in [1.807, 2.05) is 24.3 Å². The molecule has 90 valence electrons. The van der Waals surface area contributed by atoms with Crippen molar-refractivity contribution in [2.45, 2.75) is 31.9 Å². The second-order valence-electron chi connectivity index (χ2n) is 4.47. The highest BCUT2D eigenvalue weighted by atomic mass is 16.5. The standard InChI is InChI=1S/C13H16N2O2/c1-9(11-7-4-8-16-11)14-13-15-10-5-2-3-6-12(10)17-13/h2-3,5-6,9,11H,4,7-8H2,1H3,(H,14,15)/t9-,11-/m1/s1. The molecule has 0 aliphatic carbocycles. The number of para-hydroxylation sites is 2. The molecular weight excluding hydrogens is 216 g/mol. The minimum Gasteiger partial charge on any atom is -0.424 e. The molecule has 0 saturated carbocycles. The van der Waals surface area contributed by atoms with Crippen LogP contribution in [0, 0.1) is 0 Å². The van der Waals surface area contributed by atoms with Gasteiger partial charge in [0, 0.05) is 6.61 Å². The predicted octanol–water partition coefficient (Wildman–Crippen LogP) is 2.81. The lowest BCUT2D eigenvalue weighted by Crippen LogP contribution is -2.30. The number of anilines is 1. The summed E-state index contributed by atoms with van der Waals surface area (Å²) in [6, 6.07) is 8.57. The average Bonchev–Trinajstić information content (AvgIpc) is 2.97. The Morgan fingerprint density at radius 1 is 1.41 bits per heavy atom. The number of benzene rings is 1. The van der Waals surface area contributed by atoms with Crippen molar-refractivity contribution in [2.24, 2.45) is 0 Å². The van der Waals surface area contributed by atoms with Crippen LogP contribution >= 0.6 is 0 Å². The summed E-state index contributed by atoms with van der Waals surface area (Å²) in [7, 11) is 0. The normalized spacial score (nSPS) is 21.8. The molecule has 2 atom stereocenters. The fourth-order valence-electron chi connectivity index (χ4n) is 2.22. The minimum atomic E-state index is 0.227. The molecule has 0 unspecified atom stereocenters. The quantitative estimate of drug-likeness (QED) is 0.884. The number of nitrogens with one attached hydrogen (secondary N) is 1. The van der Waals surface area contributed by atoms with Crippen molar-refractivity contribution in [1.29, 1.82) is 0 Å². The van der Waals surface area contributed by atoms with Crippen molar-refractivity contribution in [3.63, 3.8) is 0 Å². The molecule has 4 nitrogen and oxygen atoms in total. The van der Waals surface area contributed by atoms with Crippen LogP contribution in [0.5, 0.6) is 0 Å². The van der Waals surface area contributed by atoms with Gasteiger partial charge in [0.25, 0.3) is 6.01 Å². The molecule has 2 heterocycles. The molecule has 0 amide bonds. The largest absolute Gasteiger partial charge is 0.424 e. The van der Waals surface area contributed by atoms with Crippen LogP contribution in [-0.2, 0) is 4.74 Å². The van der Waals surface area contributed by atoms with Gasteiger partial charge in [0.15, 0.2) is 5.58 Å². The highest BCUT2D eigenvalue weighted by Gasteiger charge is 2.23. The summed E-state index contributed by atoms with van der Waals surface area (Å²) in [6.45, 7) is 2.97. The lowest BCUT2D eigenvalue weighted by Gasteiger charge is -2.18. The summed E-state index contributed by atoms with van der Waals surface area (Å²) >= 11 is 0. The maximum Gasteiger partial charge on any atom is 0.295 e. The van der Waals surface area contributed by atoms with Gasteiger partial charge < -0.3 is 14.5 Å². The molecule has 3 rings (SSSR count). The van der Waals surface area contributed by atoms with E-state index in [1.54, 1.807) is 0 Å². The summed E-state index contributed by atoms with van der Waals surface area (Å²) in [4.78, 5) is 4.39. The van der Waals surface area contributed by atoms with Gasteiger partial charge in [-0.3, -0.25) is 0 Å². The first kappa shape index (κ1) is 10.6. The van der Waals surface area contributed by atoms with Crippen molar-refractivity contribution in [3.8, 4) is 0 Å². The SMILES string of the molecule is C[C@@H](Nc1nc2ccccc2o1)[C@H]1CCCO1. The molecule has 0 radical (unpaired) electrons. The smallest absolute Gasteiger partial charge is 0.295 e. The van der Waals surface area contributed by atoms with Gasteiger partial charge in [0.05, 0.1) is 12.1 Å². The van der Waals surface area contributed by atoms with Crippen molar-refractivity contribution < 1.29 is 9.15 Å². The Labute approximate surface area is 100.0 Å². The van der Waals surface area contributed by atoms with Crippen LogP contribution < -0.4 is 5.32 Å². The number of nitrogens with zero attached hydrogens (tertiary/aromatic N) is 1. The van der Waals surface area contributed by atoms with Crippen LogP contribution in [0.15, 0.2) is 28.7 Å². The summed E-state index contributed by atoms with van der Waals surface area (Å²) in [6.07, 6.45) is 2.52. The molecular formula is C13H16N2O2. The predicted molar refractivity (Wildman–Crippen MR) is 66.1 cm³/mol. The number of ether oxygens (including phenoxy) is 1. The average molecular weight is 232 g/mol. The fraction of sp³-hybridized carbons (Fsp3) is 0.462. The molecule has 1 aromatic carbocycles. The number of hydrogen-bond donors (Lipinski definition) is 1. The summed E-state index contributed by atoms with van der Waals surface area (Å²) < 4.78 is 11.2. The van der Waals surface area contributed by atoms with E-state index < -0.39 is 0 Å². The molecule has 0 spiro atoms. The molecule has 0 bridgehead atoms. The second kappa shape index (κ2) is 4.37. The number of oxazole rings is 1. The fourth-order valence-corrected chi connectivity index (χ4v) is 2.22. The zero-order chi connectivity index (χ0) is 11.7. The van der Waals surface area contributed by atoms with E-state index in [0.717, 1.165) is 30.5 Å². The van der Waals surface area contributed by atoms with Crippen molar-refractivity contribution in [1.82, 2.24) is 4.98 Å². The number of rotatable bonds is 3. The van der Waals surface area contributed by atoms with Gasteiger partial charge >= 0.3 is 0 Å². The highest BCUT2D eigenvalue weighted by Crippen LogP contribution is 2.22. The van der Waals surface area contributed by atoms with Gasteiger partial charge in [-0.15, -0.1) is 0 Å². The second-order valence-corrected chi connectivity index (χ2v) is 4.47. The van der Waals surface area contributed by atoms with E-state index in [0.29, 0.717) is 6.01 Å². The Bertz CT molecular complexity index is 470. The summed E-state index contributed by atoms with van der Waals surface area (Å²) in [5.41, 5.74) is 1.70. The molecule has 2 aromatic rings. The molecule has 4 heteroatoms. The van der Waals surface area contributed by atoms with Gasteiger partial charge in [-0.25, -0.2) is 0 Å². The lowest BCUT2D eigenvalue weighted by atomic mass is 10.1. The molecule has 1 aliphatic rings. The zero-order valence-electron chi connectivity index (χ0n) is 9.85. The number of hydrogen-bond acceptors (Lipinski definition) is 4. The third kappa shape index (κ3) is 2.13. The molecule has 1 aromatic heterocycles. The van der Waals surface area contributed by atoms with Crippen molar-refractivity contribution in [2.75, 3.05) is 11.9 Å². The van der Waals surface area contributed by atoms with E-state index in [9.17, 15) is 0 Å². The molecule has 1 fully saturated rings. The van der Waals surface area contributed by atoms with E-state index in [2.05, 4.69) is 17.2 Å². The van der Waals surface area contributed by atoms with E-state index >= 15 is 0 Å². The molecule has 17 heavy (non-hydrogen) atoms. The van der Waals surface area contributed by atoms with Crippen LogP contribution in [0.25, 0.3) is 11.1 Å². The van der Waals surface area contributed by atoms with Gasteiger partial charge in [0.2, 0.25) is 0 Å². The molecule has 1 N–H and O–H groups in total. The minimum absolute atomic E-state index is 0.227. The van der Waals surface area contributed by atoms with E-state index in [-0.39, 0.29) is 12.1 Å². The Balaban J connectivity index is 1.75. The first-order chi connectivity index (χ1) is 8.33. The van der Waals surface area contributed by atoms with Gasteiger partial charge in [0.1, 0.15) is 5.52 Å². The van der Waals surface area contributed by atoms with E-state index in [4.69, 9.17) is 9.15 Å². The summed E-state index contributed by atoms with van der Waals surface area (Å²) in [5, 5.41) is 3.27. The van der Waals surface area contributed by atoms with Gasteiger partial charge in [-0.05, 0) is 31.9 Å². The van der Waals surface area contributed by atoms with Crippen LogP contribution in [0.3, 0.4) is 0 Å². The van der Waals surface area contributed by atoms with Crippen LogP contribution in [0.1, 0.15) is 19.8 Å². The Kier molecular flexibility index (Phi) is 2.73. The van der Waals surface area contributed by atoms with Crippen molar-refractivity contribution >= 4 is 17.1 Å². The number of fused-ring (bicyclic) bond motifs is 1. The maximum absolute atomic E-state index is 5.63. The Morgan fingerprint density at radius 3 is 3.06 bits per heavy atom. The molecule has 1 aliphatic heterocycles. The number of aromatic nitrogens is 1. The maximum atomic E-state index is 5.63. The lowest BCUT2D eigenvalue weighted by molar-refractivity contribution is 0.0990. The van der Waals surface area contributed by atoms with Crippen molar-refractivity contribution in [3.05, 3.63) is 24.3 Å². The highest BCUT2D eigenvalue weighted by molar-refractivity contribution is 5.74.